The van der Waals surface area contributed by atoms with E-state index in [0.717, 1.165) is 12.8 Å². The molecule has 5 heteroatoms. The van der Waals surface area contributed by atoms with Gasteiger partial charge in [0.1, 0.15) is 11.6 Å². The van der Waals surface area contributed by atoms with Gasteiger partial charge in [-0.15, -0.1) is 0 Å². The van der Waals surface area contributed by atoms with Crippen molar-refractivity contribution >= 4 is 5.91 Å². The summed E-state index contributed by atoms with van der Waals surface area (Å²) in [7, 11) is 0. The molecule has 0 heterocycles. The molecule has 0 aromatic heterocycles. The first-order chi connectivity index (χ1) is 8.65. The van der Waals surface area contributed by atoms with Crippen LogP contribution in [-0.4, -0.2) is 24.6 Å². The summed E-state index contributed by atoms with van der Waals surface area (Å²) in [6.07, 6.45) is 2.72. The van der Waals surface area contributed by atoms with E-state index < -0.39 is 0 Å². The Morgan fingerprint density at radius 3 is 2.67 bits per heavy atom. The Bertz CT molecular complexity index is 404. The van der Waals surface area contributed by atoms with E-state index in [1.165, 1.54) is 12.1 Å². The summed E-state index contributed by atoms with van der Waals surface area (Å²) in [6, 6.07) is 5.87. The Hall–Kier alpha value is -1.62. The molecule has 1 aromatic carbocycles. The predicted octanol–water partition coefficient (Wildman–Crippen LogP) is 1.20. The van der Waals surface area contributed by atoms with Gasteiger partial charge in [-0.2, -0.15) is 0 Å². The molecule has 0 radical (unpaired) electrons. The molecular formula is C13H17FN2O2. The largest absolute Gasteiger partial charge is 0.494 e. The second-order valence-corrected chi connectivity index (χ2v) is 4.49. The van der Waals surface area contributed by atoms with Crippen LogP contribution >= 0.6 is 0 Å². The molecule has 1 aliphatic carbocycles. The molecule has 1 atom stereocenters. The zero-order valence-electron chi connectivity index (χ0n) is 10.1. The SMILES string of the molecule is NC(=O)C(CCOc1ccc(F)cc1)NC1CC1. The predicted molar refractivity (Wildman–Crippen MR) is 65.7 cm³/mol. The number of rotatable bonds is 7. The van der Waals surface area contributed by atoms with Crippen molar-refractivity contribution < 1.29 is 13.9 Å². The summed E-state index contributed by atoms with van der Waals surface area (Å²) in [5.41, 5.74) is 5.31. The number of benzene rings is 1. The lowest BCUT2D eigenvalue weighted by molar-refractivity contribution is -0.120. The first-order valence-corrected chi connectivity index (χ1v) is 6.09. The second-order valence-electron chi connectivity index (χ2n) is 4.49. The van der Waals surface area contributed by atoms with Crippen LogP contribution in [0.5, 0.6) is 5.75 Å². The average Bonchev–Trinajstić information content (AvgIpc) is 3.14. The normalized spacial score (nSPS) is 16.3. The fourth-order valence-electron chi connectivity index (χ4n) is 1.67. The number of ether oxygens (including phenoxy) is 1. The molecule has 4 nitrogen and oxygen atoms in total. The van der Waals surface area contributed by atoms with Gasteiger partial charge >= 0.3 is 0 Å². The highest BCUT2D eigenvalue weighted by molar-refractivity contribution is 5.79. The van der Waals surface area contributed by atoms with Crippen LogP contribution in [0.25, 0.3) is 0 Å². The van der Waals surface area contributed by atoms with Gasteiger partial charge in [0, 0.05) is 12.5 Å². The number of nitrogens with two attached hydrogens (primary N) is 1. The summed E-state index contributed by atoms with van der Waals surface area (Å²) in [4.78, 5) is 11.2. The molecule has 18 heavy (non-hydrogen) atoms. The Labute approximate surface area is 105 Å². The van der Waals surface area contributed by atoms with Gasteiger partial charge in [-0.3, -0.25) is 4.79 Å². The summed E-state index contributed by atoms with van der Waals surface area (Å²) in [5, 5.41) is 3.17. The minimum atomic E-state index is -0.357. The molecule has 1 amide bonds. The molecule has 1 aromatic rings. The van der Waals surface area contributed by atoms with Crippen LogP contribution in [0.4, 0.5) is 4.39 Å². The summed E-state index contributed by atoms with van der Waals surface area (Å²) >= 11 is 0. The van der Waals surface area contributed by atoms with Gasteiger partial charge in [0.2, 0.25) is 5.91 Å². The lowest BCUT2D eigenvalue weighted by Crippen LogP contribution is -2.43. The third-order valence-electron chi connectivity index (χ3n) is 2.85. The van der Waals surface area contributed by atoms with E-state index >= 15 is 0 Å². The van der Waals surface area contributed by atoms with Crippen molar-refractivity contribution in [2.24, 2.45) is 5.73 Å². The van der Waals surface area contributed by atoms with Gasteiger partial charge in [0.05, 0.1) is 12.6 Å². The number of hydrogen-bond donors (Lipinski definition) is 2. The maximum Gasteiger partial charge on any atom is 0.234 e. The maximum absolute atomic E-state index is 12.7. The highest BCUT2D eigenvalue weighted by Crippen LogP contribution is 2.20. The van der Waals surface area contributed by atoms with E-state index in [1.54, 1.807) is 12.1 Å². The van der Waals surface area contributed by atoms with E-state index in [1.807, 2.05) is 0 Å². The smallest absolute Gasteiger partial charge is 0.234 e. The third kappa shape index (κ3) is 4.00. The van der Waals surface area contributed by atoms with Crippen molar-refractivity contribution in [3.63, 3.8) is 0 Å². The first-order valence-electron chi connectivity index (χ1n) is 6.09. The van der Waals surface area contributed by atoms with Gasteiger partial charge < -0.3 is 15.8 Å². The molecule has 98 valence electrons. The van der Waals surface area contributed by atoms with Crippen LogP contribution < -0.4 is 15.8 Å². The standard InChI is InChI=1S/C13H17FN2O2/c14-9-1-5-11(6-2-9)18-8-7-12(13(15)17)16-10-3-4-10/h1-2,5-6,10,12,16H,3-4,7-8H2,(H2,15,17). The number of primary amides is 1. The van der Waals surface area contributed by atoms with Crippen LogP contribution in [0.15, 0.2) is 24.3 Å². The molecule has 1 saturated carbocycles. The van der Waals surface area contributed by atoms with Crippen molar-refractivity contribution in [3.8, 4) is 5.75 Å². The average molecular weight is 252 g/mol. The maximum atomic E-state index is 12.7. The molecule has 0 bridgehead atoms. The van der Waals surface area contributed by atoms with E-state index in [2.05, 4.69) is 5.32 Å². The van der Waals surface area contributed by atoms with Crippen molar-refractivity contribution in [1.82, 2.24) is 5.32 Å². The highest BCUT2D eigenvalue weighted by atomic mass is 19.1. The van der Waals surface area contributed by atoms with Gasteiger partial charge in [0.15, 0.2) is 0 Å². The molecule has 2 rings (SSSR count). The summed E-state index contributed by atoms with van der Waals surface area (Å²) in [6.45, 7) is 0.374. The Morgan fingerprint density at radius 2 is 2.11 bits per heavy atom. The van der Waals surface area contributed by atoms with E-state index in [9.17, 15) is 9.18 Å². The fourth-order valence-corrected chi connectivity index (χ4v) is 1.67. The molecule has 0 saturated heterocycles. The number of carbonyl (C=O) groups is 1. The Kier molecular flexibility index (Phi) is 4.15. The molecule has 0 aliphatic heterocycles. The van der Waals surface area contributed by atoms with Gasteiger partial charge in [-0.1, -0.05) is 0 Å². The van der Waals surface area contributed by atoms with Crippen LogP contribution in [0.2, 0.25) is 0 Å². The van der Waals surface area contributed by atoms with Crippen LogP contribution in [-0.2, 0) is 4.79 Å². The monoisotopic (exact) mass is 252 g/mol. The number of carbonyl (C=O) groups excluding carboxylic acids is 1. The van der Waals surface area contributed by atoms with E-state index in [0.29, 0.717) is 24.8 Å². The Morgan fingerprint density at radius 1 is 1.44 bits per heavy atom. The van der Waals surface area contributed by atoms with E-state index in [-0.39, 0.29) is 17.8 Å². The molecule has 1 fully saturated rings. The van der Waals surface area contributed by atoms with Crippen molar-refractivity contribution in [2.45, 2.75) is 31.3 Å². The minimum Gasteiger partial charge on any atom is -0.494 e. The summed E-state index contributed by atoms with van der Waals surface area (Å²) < 4.78 is 18.1. The van der Waals surface area contributed by atoms with Crippen molar-refractivity contribution in [1.29, 1.82) is 0 Å². The molecule has 1 unspecified atom stereocenters. The van der Waals surface area contributed by atoms with Crippen molar-refractivity contribution in [2.75, 3.05) is 6.61 Å². The topological polar surface area (TPSA) is 64.4 Å². The number of nitrogens with one attached hydrogen (secondary N) is 1. The Balaban J connectivity index is 1.75. The summed E-state index contributed by atoms with van der Waals surface area (Å²) in [5.74, 6) is -0.0663. The first kappa shape index (κ1) is 12.8. The van der Waals surface area contributed by atoms with Crippen LogP contribution in [0.1, 0.15) is 19.3 Å². The fraction of sp³-hybridized carbons (Fsp3) is 0.462. The molecule has 1 aliphatic rings. The number of halogens is 1. The number of hydrogen-bond acceptors (Lipinski definition) is 3. The zero-order valence-corrected chi connectivity index (χ0v) is 10.1. The van der Waals surface area contributed by atoms with Gasteiger partial charge in [-0.05, 0) is 37.1 Å². The van der Waals surface area contributed by atoms with Crippen LogP contribution in [0.3, 0.4) is 0 Å². The minimum absolute atomic E-state index is 0.298. The number of amides is 1. The second kappa shape index (κ2) is 5.82. The lowest BCUT2D eigenvalue weighted by atomic mass is 10.2. The molecule has 3 N–H and O–H groups in total. The molecular weight excluding hydrogens is 235 g/mol. The zero-order chi connectivity index (χ0) is 13.0. The molecule has 0 spiro atoms. The third-order valence-corrected chi connectivity index (χ3v) is 2.85. The lowest BCUT2D eigenvalue weighted by Gasteiger charge is -2.15. The quantitative estimate of drug-likeness (QED) is 0.766. The van der Waals surface area contributed by atoms with Crippen molar-refractivity contribution in [3.05, 3.63) is 30.1 Å². The van der Waals surface area contributed by atoms with Gasteiger partial charge in [0.25, 0.3) is 0 Å². The van der Waals surface area contributed by atoms with Gasteiger partial charge in [-0.25, -0.2) is 4.39 Å². The highest BCUT2D eigenvalue weighted by Gasteiger charge is 2.26. The van der Waals surface area contributed by atoms with Crippen LogP contribution in [0, 0.1) is 5.82 Å². The van der Waals surface area contributed by atoms with E-state index in [4.69, 9.17) is 10.5 Å².